The van der Waals surface area contributed by atoms with E-state index >= 15 is 0 Å². The summed E-state index contributed by atoms with van der Waals surface area (Å²) in [6.07, 6.45) is 3.76. The van der Waals surface area contributed by atoms with Gasteiger partial charge in [-0.05, 0) is 30.7 Å². The zero-order valence-corrected chi connectivity index (χ0v) is 12.0. The van der Waals surface area contributed by atoms with E-state index in [1.807, 2.05) is 0 Å². The molecule has 0 aromatic heterocycles. The van der Waals surface area contributed by atoms with Gasteiger partial charge in [0.05, 0.1) is 6.04 Å². The third-order valence-corrected chi connectivity index (χ3v) is 4.86. The predicted molar refractivity (Wildman–Crippen MR) is 70.9 cm³/mol. The van der Waals surface area contributed by atoms with Gasteiger partial charge in [-0.1, -0.05) is 41.0 Å². The van der Waals surface area contributed by atoms with E-state index in [2.05, 4.69) is 39.5 Å². The molecule has 98 valence electrons. The molecule has 1 aliphatic carbocycles. The molecule has 2 fully saturated rings. The second kappa shape index (κ2) is 4.08. The number of Topliss-reactive ketones (excluding diaryl/α,β-unsaturated/α-hetero) is 1. The molecule has 0 radical (unpaired) electrons. The lowest BCUT2D eigenvalue weighted by molar-refractivity contribution is -0.130. The molecule has 2 aliphatic rings. The second-order valence-electron chi connectivity index (χ2n) is 7.07. The highest BCUT2D eigenvalue weighted by atomic mass is 16.1. The fourth-order valence-corrected chi connectivity index (χ4v) is 3.64. The highest BCUT2D eigenvalue weighted by molar-refractivity contribution is 5.89. The van der Waals surface area contributed by atoms with Crippen LogP contribution in [0.5, 0.6) is 0 Å². The third-order valence-electron chi connectivity index (χ3n) is 4.86. The fourth-order valence-electron chi connectivity index (χ4n) is 3.64. The molecule has 0 amide bonds. The lowest BCUT2D eigenvalue weighted by atomic mass is 9.84. The van der Waals surface area contributed by atoms with Gasteiger partial charge >= 0.3 is 0 Å². The molecule has 2 nitrogen and oxygen atoms in total. The number of hydrogen-bond acceptors (Lipinski definition) is 2. The largest absolute Gasteiger partial charge is 0.297 e. The summed E-state index contributed by atoms with van der Waals surface area (Å²) in [5.41, 5.74) is 0.316. The van der Waals surface area contributed by atoms with Crippen molar-refractivity contribution in [3.8, 4) is 0 Å². The quantitative estimate of drug-likeness (QED) is 0.751. The monoisotopic (exact) mass is 237 g/mol. The van der Waals surface area contributed by atoms with Crippen molar-refractivity contribution in [2.45, 2.75) is 59.9 Å². The van der Waals surface area contributed by atoms with Crippen molar-refractivity contribution in [2.24, 2.45) is 16.7 Å². The van der Waals surface area contributed by atoms with Gasteiger partial charge in [-0.15, -0.1) is 0 Å². The third kappa shape index (κ3) is 2.16. The van der Waals surface area contributed by atoms with Crippen LogP contribution >= 0.6 is 0 Å². The highest BCUT2D eigenvalue weighted by Gasteiger charge is 2.60. The maximum atomic E-state index is 12.5. The summed E-state index contributed by atoms with van der Waals surface area (Å²) in [6.45, 7) is 12.8. The number of carbonyl (C=O) groups excluding carboxylic acids is 1. The molecule has 2 heteroatoms. The van der Waals surface area contributed by atoms with E-state index in [1.165, 1.54) is 12.8 Å². The molecule has 0 aromatic carbocycles. The predicted octanol–water partition coefficient (Wildman–Crippen LogP) is 3.11. The molecule has 1 unspecified atom stereocenters. The first-order valence-corrected chi connectivity index (χ1v) is 7.12. The van der Waals surface area contributed by atoms with Crippen LogP contribution in [0.4, 0.5) is 0 Å². The number of ketones is 1. The van der Waals surface area contributed by atoms with E-state index in [9.17, 15) is 4.79 Å². The molecule has 1 aliphatic heterocycles. The Bertz CT molecular complexity index is 317. The number of nitrogens with zero attached hydrogens (tertiary/aromatic N) is 1. The average molecular weight is 237 g/mol. The number of hydrogen-bond donors (Lipinski definition) is 0. The molecule has 0 N–H and O–H groups in total. The minimum atomic E-state index is -0.194. The van der Waals surface area contributed by atoms with Crippen LogP contribution in [0, 0.1) is 16.7 Å². The molecule has 1 saturated carbocycles. The topological polar surface area (TPSA) is 20.3 Å². The van der Waals surface area contributed by atoms with Crippen LogP contribution in [0.2, 0.25) is 0 Å². The Morgan fingerprint density at radius 3 is 2.35 bits per heavy atom. The average Bonchev–Trinajstić information content (AvgIpc) is 2.79. The summed E-state index contributed by atoms with van der Waals surface area (Å²) in [5, 5.41) is 0. The summed E-state index contributed by atoms with van der Waals surface area (Å²) >= 11 is 0. The van der Waals surface area contributed by atoms with Gasteiger partial charge in [-0.25, -0.2) is 0 Å². The van der Waals surface area contributed by atoms with E-state index in [1.54, 1.807) is 0 Å². The molecule has 0 aromatic rings. The molecule has 3 atom stereocenters. The Kier molecular flexibility index (Phi) is 3.14. The molecular formula is C15H27NO. The number of carbonyl (C=O) groups is 1. The van der Waals surface area contributed by atoms with E-state index in [4.69, 9.17) is 0 Å². The van der Waals surface area contributed by atoms with Gasteiger partial charge in [0, 0.05) is 12.0 Å². The van der Waals surface area contributed by atoms with Crippen molar-refractivity contribution < 1.29 is 4.79 Å². The molecule has 17 heavy (non-hydrogen) atoms. The van der Waals surface area contributed by atoms with Crippen molar-refractivity contribution in [2.75, 3.05) is 13.1 Å². The van der Waals surface area contributed by atoms with E-state index < -0.39 is 0 Å². The molecule has 0 bridgehead atoms. The number of likely N-dealkylation sites (tertiary alicyclic amines) is 1. The van der Waals surface area contributed by atoms with Crippen molar-refractivity contribution in [3.05, 3.63) is 0 Å². The normalized spacial score (nSPS) is 37.7. The second-order valence-corrected chi connectivity index (χ2v) is 7.07. The Morgan fingerprint density at radius 1 is 1.29 bits per heavy atom. The Morgan fingerprint density at radius 2 is 1.94 bits per heavy atom. The summed E-state index contributed by atoms with van der Waals surface area (Å²) in [5.74, 6) is 1.33. The summed E-state index contributed by atoms with van der Waals surface area (Å²) < 4.78 is 0. The minimum absolute atomic E-state index is 0.191. The van der Waals surface area contributed by atoms with Gasteiger partial charge in [0.25, 0.3) is 0 Å². The van der Waals surface area contributed by atoms with Crippen LogP contribution in [0.25, 0.3) is 0 Å². The van der Waals surface area contributed by atoms with E-state index in [0.717, 1.165) is 25.4 Å². The number of rotatable bonds is 3. The summed E-state index contributed by atoms with van der Waals surface area (Å²) in [6, 6.07) is 0.191. The van der Waals surface area contributed by atoms with Gasteiger partial charge in [0.15, 0.2) is 5.78 Å². The van der Waals surface area contributed by atoms with Gasteiger partial charge in [0.1, 0.15) is 0 Å². The smallest absolute Gasteiger partial charge is 0.155 e. The van der Waals surface area contributed by atoms with E-state index in [-0.39, 0.29) is 11.5 Å². The SMILES string of the molecule is CCC1C[C@]12C[C@@H](C(=O)C(C)(C)C)N(CC)C2. The zero-order valence-electron chi connectivity index (χ0n) is 12.0. The van der Waals surface area contributed by atoms with Crippen LogP contribution < -0.4 is 0 Å². The van der Waals surface area contributed by atoms with E-state index in [0.29, 0.717) is 11.2 Å². The van der Waals surface area contributed by atoms with Crippen LogP contribution in [0.15, 0.2) is 0 Å². The Labute approximate surface area is 106 Å². The van der Waals surface area contributed by atoms with Crippen LogP contribution in [-0.4, -0.2) is 29.8 Å². The lowest BCUT2D eigenvalue weighted by Gasteiger charge is -2.27. The summed E-state index contributed by atoms with van der Waals surface area (Å²) in [4.78, 5) is 14.9. The lowest BCUT2D eigenvalue weighted by Crippen LogP contribution is -2.41. The van der Waals surface area contributed by atoms with Crippen molar-refractivity contribution in [1.82, 2.24) is 4.90 Å². The molecule has 1 saturated heterocycles. The maximum Gasteiger partial charge on any atom is 0.155 e. The molecular weight excluding hydrogens is 210 g/mol. The summed E-state index contributed by atoms with van der Waals surface area (Å²) in [7, 11) is 0. The minimum Gasteiger partial charge on any atom is -0.297 e. The number of likely N-dealkylation sites (N-methyl/N-ethyl adjacent to an activating group) is 1. The van der Waals surface area contributed by atoms with Gasteiger partial charge in [0.2, 0.25) is 0 Å². The fraction of sp³-hybridized carbons (Fsp3) is 0.933. The van der Waals surface area contributed by atoms with Crippen molar-refractivity contribution >= 4 is 5.78 Å². The van der Waals surface area contributed by atoms with Gasteiger partial charge in [-0.3, -0.25) is 9.69 Å². The Balaban J connectivity index is 2.11. The van der Waals surface area contributed by atoms with Gasteiger partial charge < -0.3 is 0 Å². The molecule has 1 heterocycles. The van der Waals surface area contributed by atoms with Gasteiger partial charge in [-0.2, -0.15) is 0 Å². The van der Waals surface area contributed by atoms with Crippen molar-refractivity contribution in [3.63, 3.8) is 0 Å². The first-order chi connectivity index (χ1) is 7.84. The zero-order chi connectivity index (χ0) is 12.8. The maximum absolute atomic E-state index is 12.5. The van der Waals surface area contributed by atoms with Crippen LogP contribution in [-0.2, 0) is 4.79 Å². The van der Waals surface area contributed by atoms with Crippen LogP contribution in [0.1, 0.15) is 53.9 Å². The first-order valence-electron chi connectivity index (χ1n) is 7.12. The van der Waals surface area contributed by atoms with Crippen LogP contribution in [0.3, 0.4) is 0 Å². The molecule has 2 rings (SSSR count). The molecule has 1 spiro atoms. The Hall–Kier alpha value is -0.370. The highest BCUT2D eigenvalue weighted by Crippen LogP contribution is 2.61. The van der Waals surface area contributed by atoms with Crippen molar-refractivity contribution in [1.29, 1.82) is 0 Å². The standard InChI is InChI=1S/C15H27NO/c1-6-11-8-15(11)9-12(16(7-2)10-15)13(17)14(3,4)5/h11-12H,6-10H2,1-5H3/t11?,12-,15+/m0/s1. The first kappa shape index (κ1) is 13.1.